The highest BCUT2D eigenvalue weighted by Gasteiger charge is 2.17. The molecule has 21 heavy (non-hydrogen) atoms. The number of nitrogens with one attached hydrogen (secondary N) is 1. The molecule has 1 N–H and O–H groups in total. The van der Waals surface area contributed by atoms with Crippen molar-refractivity contribution in [3.8, 4) is 17.9 Å². The van der Waals surface area contributed by atoms with Crippen molar-refractivity contribution in [2.45, 2.75) is 18.9 Å². The Labute approximate surface area is 122 Å². The van der Waals surface area contributed by atoms with E-state index in [9.17, 15) is 4.39 Å². The van der Waals surface area contributed by atoms with Crippen LogP contribution in [0.1, 0.15) is 12.8 Å². The van der Waals surface area contributed by atoms with Gasteiger partial charge in [-0.3, -0.25) is 0 Å². The molecule has 0 aliphatic carbocycles. The molecule has 1 aromatic rings. The van der Waals surface area contributed by atoms with Crippen LogP contribution in [0.25, 0.3) is 0 Å². The van der Waals surface area contributed by atoms with Gasteiger partial charge in [-0.25, -0.2) is 4.39 Å². The molecule has 1 heterocycles. The zero-order valence-corrected chi connectivity index (χ0v) is 11.3. The molecule has 1 atom stereocenters. The first-order valence-electron chi connectivity index (χ1n) is 6.54. The molecule has 0 bridgehead atoms. The highest BCUT2D eigenvalue weighted by molar-refractivity contribution is 5.60. The Morgan fingerprint density at radius 1 is 1.48 bits per heavy atom. The minimum Gasteiger partial charge on any atom is -0.489 e. The molecular formula is C15H14FN3O2. The lowest BCUT2D eigenvalue weighted by Gasteiger charge is -2.15. The number of rotatable bonds is 5. The number of hydrogen-bond donors (Lipinski definition) is 1. The van der Waals surface area contributed by atoms with Gasteiger partial charge in [0, 0.05) is 12.8 Å². The van der Waals surface area contributed by atoms with E-state index in [0.29, 0.717) is 12.4 Å². The van der Waals surface area contributed by atoms with E-state index < -0.39 is 5.82 Å². The van der Waals surface area contributed by atoms with Gasteiger partial charge in [0.2, 0.25) is 0 Å². The topological polar surface area (TPSA) is 78.1 Å². The van der Waals surface area contributed by atoms with Crippen molar-refractivity contribution in [3.05, 3.63) is 35.8 Å². The summed E-state index contributed by atoms with van der Waals surface area (Å²) in [6.45, 7) is 1.06. The summed E-state index contributed by atoms with van der Waals surface area (Å²) < 4.78 is 24.9. The van der Waals surface area contributed by atoms with Gasteiger partial charge < -0.3 is 14.8 Å². The van der Waals surface area contributed by atoms with Crippen molar-refractivity contribution in [2.75, 3.05) is 18.5 Å². The SMILES string of the molecule is N#CC(C#N)=CNc1c(F)cccc1OCC1CCCO1. The van der Waals surface area contributed by atoms with Crippen molar-refractivity contribution in [3.63, 3.8) is 0 Å². The van der Waals surface area contributed by atoms with E-state index in [2.05, 4.69) is 5.32 Å². The molecule has 1 fully saturated rings. The van der Waals surface area contributed by atoms with Gasteiger partial charge in [0.15, 0.2) is 0 Å². The van der Waals surface area contributed by atoms with Crippen LogP contribution >= 0.6 is 0 Å². The van der Waals surface area contributed by atoms with Crippen LogP contribution in [0.15, 0.2) is 30.0 Å². The smallest absolute Gasteiger partial charge is 0.150 e. The summed E-state index contributed by atoms with van der Waals surface area (Å²) in [6, 6.07) is 7.81. The van der Waals surface area contributed by atoms with Gasteiger partial charge in [0.05, 0.1) is 6.10 Å². The van der Waals surface area contributed by atoms with Crippen molar-refractivity contribution in [1.82, 2.24) is 0 Å². The van der Waals surface area contributed by atoms with Crippen LogP contribution < -0.4 is 10.1 Å². The minimum absolute atomic E-state index is 0.0189. The van der Waals surface area contributed by atoms with E-state index >= 15 is 0 Å². The largest absolute Gasteiger partial charge is 0.489 e. The lowest BCUT2D eigenvalue weighted by Crippen LogP contribution is -2.16. The van der Waals surface area contributed by atoms with Crippen LogP contribution in [0.4, 0.5) is 10.1 Å². The third kappa shape index (κ3) is 3.95. The molecule has 1 aliphatic heterocycles. The summed E-state index contributed by atoms with van der Waals surface area (Å²) in [5.74, 6) is -0.205. The molecule has 1 aromatic carbocycles. The number of benzene rings is 1. The molecule has 108 valence electrons. The monoisotopic (exact) mass is 287 g/mol. The van der Waals surface area contributed by atoms with Crippen molar-refractivity contribution < 1.29 is 13.9 Å². The van der Waals surface area contributed by atoms with Crippen molar-refractivity contribution in [1.29, 1.82) is 10.5 Å². The Morgan fingerprint density at radius 2 is 2.29 bits per heavy atom. The lowest BCUT2D eigenvalue weighted by molar-refractivity contribution is 0.0681. The Morgan fingerprint density at radius 3 is 2.95 bits per heavy atom. The highest BCUT2D eigenvalue weighted by Crippen LogP contribution is 2.28. The zero-order valence-electron chi connectivity index (χ0n) is 11.3. The van der Waals surface area contributed by atoms with Crippen molar-refractivity contribution >= 4 is 5.69 Å². The second-order valence-corrected chi connectivity index (χ2v) is 4.48. The fourth-order valence-corrected chi connectivity index (χ4v) is 1.96. The molecule has 0 spiro atoms. The number of para-hydroxylation sites is 1. The Balaban J connectivity index is 2.10. The van der Waals surface area contributed by atoms with Gasteiger partial charge in [-0.2, -0.15) is 10.5 Å². The van der Waals surface area contributed by atoms with E-state index in [1.165, 1.54) is 12.1 Å². The van der Waals surface area contributed by atoms with Gasteiger partial charge in [-0.05, 0) is 25.0 Å². The van der Waals surface area contributed by atoms with Crippen LogP contribution in [-0.4, -0.2) is 19.3 Å². The van der Waals surface area contributed by atoms with Gasteiger partial charge in [-0.1, -0.05) is 6.07 Å². The molecule has 6 heteroatoms. The van der Waals surface area contributed by atoms with Crippen molar-refractivity contribution in [2.24, 2.45) is 0 Å². The van der Waals surface area contributed by atoms with Gasteiger partial charge in [-0.15, -0.1) is 0 Å². The summed E-state index contributed by atoms with van der Waals surface area (Å²) in [6.07, 6.45) is 3.09. The zero-order chi connectivity index (χ0) is 15.1. The van der Waals surface area contributed by atoms with E-state index in [0.717, 1.165) is 25.6 Å². The maximum Gasteiger partial charge on any atom is 0.150 e. The second-order valence-electron chi connectivity index (χ2n) is 4.48. The molecule has 2 rings (SSSR count). The summed E-state index contributed by atoms with van der Waals surface area (Å²) >= 11 is 0. The van der Waals surface area contributed by atoms with Crippen LogP contribution in [0.2, 0.25) is 0 Å². The third-order valence-corrected chi connectivity index (χ3v) is 3.03. The normalized spacial score (nSPS) is 16.6. The standard InChI is InChI=1S/C15H14FN3O2/c16-13-4-1-5-14(21-10-12-3-2-6-20-12)15(13)19-9-11(7-17)8-18/h1,4-5,9,12,19H,2-3,6,10H2. The molecule has 1 unspecified atom stereocenters. The number of anilines is 1. The number of halogens is 1. The lowest BCUT2D eigenvalue weighted by atomic mass is 10.2. The number of nitrogens with zero attached hydrogens (tertiary/aromatic N) is 2. The third-order valence-electron chi connectivity index (χ3n) is 3.03. The molecule has 0 amide bonds. The maximum atomic E-state index is 13.8. The highest BCUT2D eigenvalue weighted by atomic mass is 19.1. The summed E-state index contributed by atoms with van der Waals surface area (Å²) in [5, 5.41) is 19.9. The number of nitriles is 2. The molecule has 1 saturated heterocycles. The average molecular weight is 287 g/mol. The summed E-state index contributed by atoms with van der Waals surface area (Å²) in [5.41, 5.74) is -0.0539. The van der Waals surface area contributed by atoms with E-state index in [4.69, 9.17) is 20.0 Å². The average Bonchev–Trinajstić information content (AvgIpc) is 3.01. The number of ether oxygens (including phenoxy) is 2. The van der Waals surface area contributed by atoms with Gasteiger partial charge in [0.25, 0.3) is 0 Å². The van der Waals surface area contributed by atoms with E-state index in [-0.39, 0.29) is 17.4 Å². The number of allylic oxidation sites excluding steroid dienone is 1. The molecule has 5 nitrogen and oxygen atoms in total. The molecule has 0 aromatic heterocycles. The molecule has 1 aliphatic rings. The Kier molecular flexibility index (Phi) is 5.14. The van der Waals surface area contributed by atoms with Gasteiger partial charge >= 0.3 is 0 Å². The van der Waals surface area contributed by atoms with E-state index in [1.807, 2.05) is 0 Å². The van der Waals surface area contributed by atoms with Crippen LogP contribution in [-0.2, 0) is 4.74 Å². The maximum absolute atomic E-state index is 13.8. The predicted octanol–water partition coefficient (Wildman–Crippen LogP) is 2.73. The fourth-order valence-electron chi connectivity index (χ4n) is 1.96. The van der Waals surface area contributed by atoms with Crippen LogP contribution in [0, 0.1) is 28.5 Å². The molecule has 0 saturated carbocycles. The quantitative estimate of drug-likeness (QED) is 0.842. The second kappa shape index (κ2) is 7.28. The Bertz CT molecular complexity index is 594. The first kappa shape index (κ1) is 14.8. The molecular weight excluding hydrogens is 273 g/mol. The Hall–Kier alpha value is -2.57. The summed E-state index contributed by atoms with van der Waals surface area (Å²) in [7, 11) is 0. The first-order valence-corrected chi connectivity index (χ1v) is 6.54. The minimum atomic E-state index is -0.522. The predicted molar refractivity (Wildman–Crippen MR) is 73.8 cm³/mol. The summed E-state index contributed by atoms with van der Waals surface area (Å²) in [4.78, 5) is 0. The van der Waals surface area contributed by atoms with Crippen LogP contribution in [0.5, 0.6) is 5.75 Å². The van der Waals surface area contributed by atoms with Crippen LogP contribution in [0.3, 0.4) is 0 Å². The van der Waals surface area contributed by atoms with Gasteiger partial charge in [0.1, 0.15) is 41.6 Å². The number of hydrogen-bond acceptors (Lipinski definition) is 5. The molecule has 0 radical (unpaired) electrons. The van der Waals surface area contributed by atoms with E-state index in [1.54, 1.807) is 18.2 Å². The fraction of sp³-hybridized carbons (Fsp3) is 0.333. The first-order chi connectivity index (χ1) is 10.2.